The van der Waals surface area contributed by atoms with Crippen molar-refractivity contribution in [2.45, 2.75) is 44.2 Å². The van der Waals surface area contributed by atoms with Gasteiger partial charge in [-0.3, -0.25) is 4.79 Å². The molecule has 1 fully saturated rings. The molecule has 1 heterocycles. The lowest BCUT2D eigenvalue weighted by Gasteiger charge is -2.23. The Bertz CT molecular complexity index is 598. The number of fused-ring (bicyclic) bond motifs is 1. The predicted octanol–water partition coefficient (Wildman–Crippen LogP) is 1.88. The molecule has 2 atom stereocenters. The first kappa shape index (κ1) is 15.0. The van der Waals surface area contributed by atoms with Gasteiger partial charge < -0.3 is 14.7 Å². The van der Waals surface area contributed by atoms with Gasteiger partial charge in [0.05, 0.1) is 6.10 Å². The molecule has 0 radical (unpaired) electrons. The van der Waals surface area contributed by atoms with Crippen LogP contribution in [0.4, 0.5) is 0 Å². The zero-order chi connectivity index (χ0) is 15.7. The molecule has 1 N–H and O–H groups in total. The Morgan fingerprint density at radius 2 is 1.95 bits per heavy atom. The van der Waals surface area contributed by atoms with Crippen molar-refractivity contribution in [3.05, 3.63) is 34.9 Å². The van der Waals surface area contributed by atoms with Crippen molar-refractivity contribution in [3.63, 3.8) is 0 Å². The number of carbonyl (C=O) groups excluding carboxylic acids is 1. The largest absolute Gasteiger partial charge is 0.480 e. The molecule has 0 saturated carbocycles. The van der Waals surface area contributed by atoms with Gasteiger partial charge in [-0.1, -0.05) is 6.07 Å². The number of nitrogens with zero attached hydrogens (tertiary/aromatic N) is 1. The van der Waals surface area contributed by atoms with Crippen molar-refractivity contribution in [2.75, 3.05) is 13.7 Å². The van der Waals surface area contributed by atoms with E-state index in [-0.39, 0.29) is 12.0 Å². The van der Waals surface area contributed by atoms with Gasteiger partial charge in [0, 0.05) is 25.6 Å². The number of aryl methyl sites for hydroxylation is 2. The van der Waals surface area contributed by atoms with E-state index in [0.717, 1.165) is 19.3 Å². The third kappa shape index (κ3) is 2.73. The van der Waals surface area contributed by atoms with E-state index in [1.807, 2.05) is 18.2 Å². The minimum Gasteiger partial charge on any atom is -0.480 e. The highest BCUT2D eigenvalue weighted by Crippen LogP contribution is 2.26. The van der Waals surface area contributed by atoms with Crippen LogP contribution in [-0.2, 0) is 22.4 Å². The molecule has 0 aromatic heterocycles. The van der Waals surface area contributed by atoms with Gasteiger partial charge in [0.25, 0.3) is 5.91 Å². The number of rotatable bonds is 3. The number of aliphatic carboxylic acids is 1. The molecule has 0 spiro atoms. The molecule has 5 nitrogen and oxygen atoms in total. The van der Waals surface area contributed by atoms with E-state index in [9.17, 15) is 14.7 Å². The summed E-state index contributed by atoms with van der Waals surface area (Å²) in [4.78, 5) is 25.5. The molecule has 5 heteroatoms. The molecule has 118 valence electrons. The molecule has 3 rings (SSSR count). The number of carboxylic acids is 1. The van der Waals surface area contributed by atoms with Crippen LogP contribution in [0.2, 0.25) is 0 Å². The van der Waals surface area contributed by atoms with E-state index >= 15 is 0 Å². The van der Waals surface area contributed by atoms with Gasteiger partial charge in [-0.05, 0) is 48.9 Å². The van der Waals surface area contributed by atoms with Gasteiger partial charge in [0.1, 0.15) is 6.04 Å². The number of amides is 1. The Hall–Kier alpha value is -1.88. The summed E-state index contributed by atoms with van der Waals surface area (Å²) >= 11 is 0. The third-order valence-corrected chi connectivity index (χ3v) is 4.74. The second kappa shape index (κ2) is 6.08. The van der Waals surface area contributed by atoms with E-state index in [4.69, 9.17) is 4.74 Å². The Balaban J connectivity index is 1.85. The maximum atomic E-state index is 12.7. The first-order valence-electron chi connectivity index (χ1n) is 7.78. The zero-order valence-electron chi connectivity index (χ0n) is 12.7. The van der Waals surface area contributed by atoms with Crippen molar-refractivity contribution in [3.8, 4) is 0 Å². The predicted molar refractivity (Wildman–Crippen MR) is 81.0 cm³/mol. The van der Waals surface area contributed by atoms with Crippen LogP contribution in [-0.4, -0.2) is 47.7 Å². The average molecular weight is 303 g/mol. The highest BCUT2D eigenvalue weighted by molar-refractivity contribution is 5.97. The van der Waals surface area contributed by atoms with Crippen LogP contribution < -0.4 is 0 Å². The molecule has 2 aliphatic rings. The summed E-state index contributed by atoms with van der Waals surface area (Å²) in [6, 6.07) is 4.98. The van der Waals surface area contributed by atoms with E-state index in [0.29, 0.717) is 18.5 Å². The van der Waals surface area contributed by atoms with E-state index in [1.165, 1.54) is 22.4 Å². The lowest BCUT2D eigenvalue weighted by atomic mass is 9.90. The molecule has 1 amide bonds. The Morgan fingerprint density at radius 3 is 2.64 bits per heavy atom. The number of carboxylic acid groups (broad SMARTS) is 1. The molecule has 1 saturated heterocycles. The van der Waals surface area contributed by atoms with Gasteiger partial charge in [-0.15, -0.1) is 0 Å². The summed E-state index contributed by atoms with van der Waals surface area (Å²) in [7, 11) is 1.55. The second-order valence-corrected chi connectivity index (χ2v) is 6.10. The molecule has 1 aromatic carbocycles. The number of hydrogen-bond acceptors (Lipinski definition) is 3. The van der Waals surface area contributed by atoms with Crippen molar-refractivity contribution in [1.82, 2.24) is 4.90 Å². The van der Waals surface area contributed by atoms with Gasteiger partial charge in [0.15, 0.2) is 0 Å². The Labute approximate surface area is 129 Å². The Morgan fingerprint density at radius 1 is 1.23 bits per heavy atom. The fourth-order valence-electron chi connectivity index (χ4n) is 3.46. The zero-order valence-corrected chi connectivity index (χ0v) is 12.7. The molecule has 1 aliphatic heterocycles. The van der Waals surface area contributed by atoms with Crippen LogP contribution in [0.15, 0.2) is 18.2 Å². The van der Waals surface area contributed by atoms with Crippen molar-refractivity contribution in [1.29, 1.82) is 0 Å². The number of likely N-dealkylation sites (tertiary alicyclic amines) is 1. The standard InChI is InChI=1S/C17H21NO4/c1-22-14-9-15(17(20)21)18(10-14)16(19)13-7-6-11-4-2-3-5-12(11)8-13/h6-8,14-15H,2-5,9-10H2,1H3,(H,20,21). The Kier molecular flexibility index (Phi) is 4.16. The maximum absolute atomic E-state index is 12.7. The van der Waals surface area contributed by atoms with E-state index in [2.05, 4.69) is 0 Å². The summed E-state index contributed by atoms with van der Waals surface area (Å²) in [5, 5.41) is 9.34. The van der Waals surface area contributed by atoms with Crippen LogP contribution in [0.25, 0.3) is 0 Å². The number of methoxy groups -OCH3 is 1. The van der Waals surface area contributed by atoms with Crippen molar-refractivity contribution >= 4 is 11.9 Å². The highest BCUT2D eigenvalue weighted by atomic mass is 16.5. The summed E-state index contributed by atoms with van der Waals surface area (Å²) in [5.41, 5.74) is 3.13. The summed E-state index contributed by atoms with van der Waals surface area (Å²) in [6.07, 6.45) is 4.56. The number of hydrogen-bond donors (Lipinski definition) is 1. The smallest absolute Gasteiger partial charge is 0.326 e. The van der Waals surface area contributed by atoms with Gasteiger partial charge >= 0.3 is 5.97 Å². The molecule has 22 heavy (non-hydrogen) atoms. The molecule has 0 bridgehead atoms. The molecule has 2 unspecified atom stereocenters. The number of benzene rings is 1. The summed E-state index contributed by atoms with van der Waals surface area (Å²) in [5.74, 6) is -1.17. The van der Waals surface area contributed by atoms with Gasteiger partial charge in [-0.25, -0.2) is 4.79 Å². The van der Waals surface area contributed by atoms with Gasteiger partial charge in [-0.2, -0.15) is 0 Å². The molecular weight excluding hydrogens is 282 g/mol. The maximum Gasteiger partial charge on any atom is 0.326 e. The van der Waals surface area contributed by atoms with Crippen LogP contribution >= 0.6 is 0 Å². The van der Waals surface area contributed by atoms with Crippen molar-refractivity contribution in [2.24, 2.45) is 0 Å². The monoisotopic (exact) mass is 303 g/mol. The molecule has 1 aromatic rings. The molecular formula is C17H21NO4. The fourth-order valence-corrected chi connectivity index (χ4v) is 3.46. The van der Waals surface area contributed by atoms with Crippen molar-refractivity contribution < 1.29 is 19.4 Å². The van der Waals surface area contributed by atoms with Crippen LogP contribution in [0.1, 0.15) is 40.7 Å². The average Bonchev–Trinajstić information content (AvgIpc) is 2.98. The quantitative estimate of drug-likeness (QED) is 0.926. The SMILES string of the molecule is COC1CC(C(=O)O)N(C(=O)c2ccc3c(c2)CCCC3)C1. The topological polar surface area (TPSA) is 66.8 Å². The lowest BCUT2D eigenvalue weighted by Crippen LogP contribution is -2.40. The first-order valence-corrected chi connectivity index (χ1v) is 7.78. The highest BCUT2D eigenvalue weighted by Gasteiger charge is 2.40. The van der Waals surface area contributed by atoms with Crippen LogP contribution in [0.3, 0.4) is 0 Å². The van der Waals surface area contributed by atoms with Gasteiger partial charge in [0.2, 0.25) is 0 Å². The fraction of sp³-hybridized carbons (Fsp3) is 0.529. The normalized spacial score (nSPS) is 24.1. The minimum atomic E-state index is -0.967. The van der Waals surface area contributed by atoms with Crippen LogP contribution in [0.5, 0.6) is 0 Å². The van der Waals surface area contributed by atoms with Crippen LogP contribution in [0, 0.1) is 0 Å². The molecule has 1 aliphatic carbocycles. The third-order valence-electron chi connectivity index (χ3n) is 4.74. The summed E-state index contributed by atoms with van der Waals surface area (Å²) < 4.78 is 5.24. The lowest BCUT2D eigenvalue weighted by molar-refractivity contribution is -0.141. The van der Waals surface area contributed by atoms with E-state index < -0.39 is 12.0 Å². The van der Waals surface area contributed by atoms with E-state index in [1.54, 1.807) is 7.11 Å². The summed E-state index contributed by atoms with van der Waals surface area (Å²) in [6.45, 7) is 0.337. The second-order valence-electron chi connectivity index (χ2n) is 6.10. The number of carbonyl (C=O) groups is 2. The first-order chi connectivity index (χ1) is 10.6. The number of ether oxygens (including phenoxy) is 1. The minimum absolute atomic E-state index is 0.206.